The van der Waals surface area contributed by atoms with Gasteiger partial charge < -0.3 is 10.5 Å². The Hall–Kier alpha value is -0.800. The third kappa shape index (κ3) is 1.99. The number of allylic oxidation sites excluding steroid dienone is 1. The van der Waals surface area contributed by atoms with Gasteiger partial charge in [-0.1, -0.05) is 17.4 Å². The van der Waals surface area contributed by atoms with Gasteiger partial charge in [0.25, 0.3) is 0 Å². The third-order valence-electron chi connectivity index (χ3n) is 2.50. The molecule has 1 atom stereocenters. The van der Waals surface area contributed by atoms with Crippen LogP contribution in [0.2, 0.25) is 0 Å². The fraction of sp³-hybridized carbons (Fsp3) is 0.455. The predicted octanol–water partition coefficient (Wildman–Crippen LogP) is 2.65. The zero-order chi connectivity index (χ0) is 9.97. The molecule has 0 fully saturated rings. The molecule has 0 bridgehead atoms. The zero-order valence-electron chi connectivity index (χ0n) is 8.32. The minimum absolute atomic E-state index is 0.242. The number of ether oxygens (including phenoxy) is 1. The normalized spacial score (nSPS) is 21.9. The minimum Gasteiger partial charge on any atom is -0.487 e. The smallest absolute Gasteiger partial charge is 0.173 e. The first kappa shape index (κ1) is 9.74. The number of methoxy groups -OCH3 is 1. The van der Waals surface area contributed by atoms with Crippen molar-refractivity contribution in [2.75, 3.05) is 7.11 Å². The maximum Gasteiger partial charge on any atom is 0.173 e. The zero-order valence-corrected chi connectivity index (χ0v) is 9.14. The summed E-state index contributed by atoms with van der Waals surface area (Å²) < 4.78 is 5.17. The molecule has 76 valence electrons. The molecule has 3 heteroatoms. The van der Waals surface area contributed by atoms with Gasteiger partial charge in [0.15, 0.2) is 5.06 Å². The Morgan fingerprint density at radius 1 is 1.50 bits per heavy atom. The van der Waals surface area contributed by atoms with E-state index in [2.05, 4.69) is 12.1 Å². The van der Waals surface area contributed by atoms with E-state index in [1.165, 1.54) is 16.9 Å². The van der Waals surface area contributed by atoms with Gasteiger partial charge in [0.2, 0.25) is 0 Å². The molecule has 1 aliphatic rings. The van der Waals surface area contributed by atoms with Crippen LogP contribution in [0.5, 0.6) is 5.06 Å². The van der Waals surface area contributed by atoms with Crippen molar-refractivity contribution in [1.82, 2.24) is 0 Å². The van der Waals surface area contributed by atoms with Crippen molar-refractivity contribution in [3.63, 3.8) is 0 Å². The van der Waals surface area contributed by atoms with Gasteiger partial charge in [-0.25, -0.2) is 0 Å². The van der Waals surface area contributed by atoms with Crippen LogP contribution in [0.4, 0.5) is 0 Å². The van der Waals surface area contributed by atoms with Crippen molar-refractivity contribution in [1.29, 1.82) is 0 Å². The van der Waals surface area contributed by atoms with Crippen molar-refractivity contribution in [2.24, 2.45) is 5.73 Å². The summed E-state index contributed by atoms with van der Waals surface area (Å²) in [6, 6.07) is 4.38. The number of thiophene rings is 1. The average molecular weight is 209 g/mol. The van der Waals surface area contributed by atoms with Crippen LogP contribution in [0.3, 0.4) is 0 Å². The summed E-state index contributed by atoms with van der Waals surface area (Å²) in [5, 5.41) is 0.972. The molecule has 1 aromatic rings. The second kappa shape index (κ2) is 4.15. The van der Waals surface area contributed by atoms with Crippen molar-refractivity contribution < 1.29 is 4.74 Å². The van der Waals surface area contributed by atoms with Crippen molar-refractivity contribution in [3.05, 3.63) is 23.1 Å². The van der Waals surface area contributed by atoms with Crippen LogP contribution in [-0.4, -0.2) is 13.2 Å². The van der Waals surface area contributed by atoms with E-state index in [9.17, 15) is 0 Å². The van der Waals surface area contributed by atoms with E-state index in [1.54, 1.807) is 18.4 Å². The molecule has 1 heterocycles. The largest absolute Gasteiger partial charge is 0.487 e. The molecule has 0 amide bonds. The Morgan fingerprint density at radius 2 is 2.36 bits per heavy atom. The monoisotopic (exact) mass is 209 g/mol. The minimum atomic E-state index is 0.242. The highest BCUT2D eigenvalue weighted by Gasteiger charge is 2.12. The fourth-order valence-electron chi connectivity index (χ4n) is 1.76. The quantitative estimate of drug-likeness (QED) is 0.812. The Morgan fingerprint density at radius 3 is 3.00 bits per heavy atom. The molecule has 1 aliphatic carbocycles. The Kier molecular flexibility index (Phi) is 2.89. The summed E-state index contributed by atoms with van der Waals surface area (Å²) in [5.41, 5.74) is 7.28. The molecule has 1 aromatic heterocycles. The summed E-state index contributed by atoms with van der Waals surface area (Å²) in [5.74, 6) is 0. The van der Waals surface area contributed by atoms with Crippen LogP contribution >= 0.6 is 11.3 Å². The maximum absolute atomic E-state index is 5.90. The molecule has 0 radical (unpaired) electrons. The van der Waals surface area contributed by atoms with E-state index in [4.69, 9.17) is 10.5 Å². The van der Waals surface area contributed by atoms with Crippen LogP contribution < -0.4 is 10.5 Å². The summed E-state index contributed by atoms with van der Waals surface area (Å²) in [6.07, 6.45) is 5.66. The van der Waals surface area contributed by atoms with Gasteiger partial charge in [0.1, 0.15) is 0 Å². The molecule has 0 aromatic carbocycles. The SMILES string of the molecule is COc1ccc(C2=CC(N)CCC2)s1. The molecular weight excluding hydrogens is 194 g/mol. The lowest BCUT2D eigenvalue weighted by Crippen LogP contribution is -2.19. The lowest BCUT2D eigenvalue weighted by atomic mass is 9.95. The molecule has 0 saturated carbocycles. The summed E-state index contributed by atoms with van der Waals surface area (Å²) in [7, 11) is 1.70. The van der Waals surface area contributed by atoms with Gasteiger partial charge in [-0.05, 0) is 37.0 Å². The first-order chi connectivity index (χ1) is 6.79. The van der Waals surface area contributed by atoms with E-state index < -0.39 is 0 Å². The second-order valence-electron chi connectivity index (χ2n) is 3.57. The Labute approximate surface area is 88.4 Å². The molecule has 2 nitrogen and oxygen atoms in total. The summed E-state index contributed by atoms with van der Waals surface area (Å²) in [6.45, 7) is 0. The lowest BCUT2D eigenvalue weighted by molar-refractivity contribution is 0.427. The second-order valence-corrected chi connectivity index (χ2v) is 4.62. The number of hydrogen-bond acceptors (Lipinski definition) is 3. The highest BCUT2D eigenvalue weighted by Crippen LogP contribution is 2.34. The summed E-state index contributed by atoms with van der Waals surface area (Å²) in [4.78, 5) is 1.30. The van der Waals surface area contributed by atoms with Gasteiger partial charge >= 0.3 is 0 Å². The lowest BCUT2D eigenvalue weighted by Gasteiger charge is -2.16. The van der Waals surface area contributed by atoms with Crippen molar-refractivity contribution >= 4 is 16.9 Å². The predicted molar refractivity (Wildman–Crippen MR) is 60.7 cm³/mol. The van der Waals surface area contributed by atoms with E-state index in [-0.39, 0.29) is 6.04 Å². The first-order valence-corrected chi connectivity index (χ1v) is 5.71. The number of hydrogen-bond donors (Lipinski definition) is 1. The molecule has 0 saturated heterocycles. The highest BCUT2D eigenvalue weighted by atomic mass is 32.1. The van der Waals surface area contributed by atoms with E-state index in [1.807, 2.05) is 6.07 Å². The highest BCUT2D eigenvalue weighted by molar-refractivity contribution is 7.14. The van der Waals surface area contributed by atoms with E-state index in [0.717, 1.165) is 17.9 Å². The number of nitrogens with two attached hydrogens (primary N) is 1. The molecule has 0 aliphatic heterocycles. The van der Waals surface area contributed by atoms with Crippen LogP contribution in [0, 0.1) is 0 Å². The number of rotatable bonds is 2. The van der Waals surface area contributed by atoms with Gasteiger partial charge in [-0.15, -0.1) is 0 Å². The molecule has 1 unspecified atom stereocenters. The van der Waals surface area contributed by atoms with Crippen molar-refractivity contribution in [2.45, 2.75) is 25.3 Å². The van der Waals surface area contributed by atoms with Crippen molar-refractivity contribution in [3.8, 4) is 5.06 Å². The van der Waals surface area contributed by atoms with Crippen LogP contribution in [0.25, 0.3) is 5.57 Å². The fourth-order valence-corrected chi connectivity index (χ4v) is 2.63. The first-order valence-electron chi connectivity index (χ1n) is 4.90. The summed E-state index contributed by atoms with van der Waals surface area (Å²) >= 11 is 1.70. The third-order valence-corrected chi connectivity index (χ3v) is 3.62. The van der Waals surface area contributed by atoms with Crippen LogP contribution in [0.1, 0.15) is 24.1 Å². The topological polar surface area (TPSA) is 35.2 Å². The molecule has 2 N–H and O–H groups in total. The average Bonchev–Trinajstić information content (AvgIpc) is 2.66. The van der Waals surface area contributed by atoms with E-state index >= 15 is 0 Å². The standard InChI is InChI=1S/C11H15NOS/c1-13-11-6-5-10(14-11)8-3-2-4-9(12)7-8/h5-7,9H,2-4,12H2,1H3. The van der Waals surface area contributed by atoms with Crippen LogP contribution in [-0.2, 0) is 0 Å². The van der Waals surface area contributed by atoms with Gasteiger partial charge in [0.05, 0.1) is 7.11 Å². The maximum atomic E-state index is 5.90. The molecule has 0 spiro atoms. The van der Waals surface area contributed by atoms with Gasteiger partial charge in [-0.3, -0.25) is 0 Å². The van der Waals surface area contributed by atoms with E-state index in [0.29, 0.717) is 0 Å². The molecule has 2 rings (SSSR count). The van der Waals surface area contributed by atoms with Gasteiger partial charge in [-0.2, -0.15) is 0 Å². The Bertz CT molecular complexity index is 343. The Balaban J connectivity index is 2.21. The van der Waals surface area contributed by atoms with Gasteiger partial charge in [0, 0.05) is 10.9 Å². The molecule has 14 heavy (non-hydrogen) atoms. The molecular formula is C11H15NOS. The van der Waals surface area contributed by atoms with Crippen LogP contribution in [0.15, 0.2) is 18.2 Å².